The number of hydrogen-bond donors (Lipinski definition) is 1. The summed E-state index contributed by atoms with van der Waals surface area (Å²) in [6.07, 6.45) is 0. The van der Waals surface area contributed by atoms with Gasteiger partial charge in [0, 0.05) is 5.56 Å². The molecule has 0 bridgehead atoms. The topological polar surface area (TPSA) is 46.0 Å². The van der Waals surface area contributed by atoms with Gasteiger partial charge in [-0.3, -0.25) is 0 Å². The average Bonchev–Trinajstić information content (AvgIpc) is 2.23. The summed E-state index contributed by atoms with van der Waals surface area (Å²) in [5.41, 5.74) is 1.06. The number of hydrogen-bond acceptors (Lipinski definition) is 3. The average molecular weight is 241 g/mol. The molecule has 0 saturated carbocycles. The van der Waals surface area contributed by atoms with E-state index in [0.717, 1.165) is 0 Å². The molecule has 5 heteroatoms. The van der Waals surface area contributed by atoms with Crippen molar-refractivity contribution < 1.29 is 5.11 Å². The van der Waals surface area contributed by atoms with Gasteiger partial charge < -0.3 is 5.11 Å². The van der Waals surface area contributed by atoms with Gasteiger partial charge in [0.05, 0.1) is 10.7 Å². The first kappa shape index (κ1) is 10.2. The van der Waals surface area contributed by atoms with Crippen LogP contribution in [0.5, 0.6) is 5.75 Å². The molecule has 0 aliphatic heterocycles. The van der Waals surface area contributed by atoms with E-state index in [1.165, 1.54) is 0 Å². The van der Waals surface area contributed by atoms with Gasteiger partial charge >= 0.3 is 0 Å². The fourth-order valence-electron chi connectivity index (χ4n) is 1.18. The molecule has 1 heterocycles. The van der Waals surface area contributed by atoms with E-state index < -0.39 is 0 Å². The molecule has 0 saturated heterocycles. The molecule has 3 nitrogen and oxygen atoms in total. The second-order valence-corrected chi connectivity index (χ2v) is 3.65. The third-order valence-electron chi connectivity index (χ3n) is 1.89. The van der Waals surface area contributed by atoms with Crippen LogP contribution in [0.1, 0.15) is 0 Å². The summed E-state index contributed by atoms with van der Waals surface area (Å²) in [4.78, 5) is 0. The number of aromatic hydroxyl groups is 1. The van der Waals surface area contributed by atoms with E-state index in [4.69, 9.17) is 23.2 Å². The van der Waals surface area contributed by atoms with Crippen molar-refractivity contribution in [2.45, 2.75) is 0 Å². The summed E-state index contributed by atoms with van der Waals surface area (Å²) in [5, 5.41) is 17.6. The van der Waals surface area contributed by atoms with E-state index >= 15 is 0 Å². The molecule has 76 valence electrons. The summed E-state index contributed by atoms with van der Waals surface area (Å²) < 4.78 is 0. The van der Waals surface area contributed by atoms with Gasteiger partial charge in [-0.1, -0.05) is 35.3 Å². The summed E-state index contributed by atoms with van der Waals surface area (Å²) in [6.45, 7) is 0. The quantitative estimate of drug-likeness (QED) is 0.833. The lowest BCUT2D eigenvalue weighted by atomic mass is 10.1. The van der Waals surface area contributed by atoms with Crippen LogP contribution >= 0.6 is 23.2 Å². The third kappa shape index (κ3) is 2.03. The zero-order valence-corrected chi connectivity index (χ0v) is 9.00. The van der Waals surface area contributed by atoms with Gasteiger partial charge in [-0.25, -0.2) is 0 Å². The highest BCUT2D eigenvalue weighted by Gasteiger charge is 2.08. The second-order valence-electron chi connectivity index (χ2n) is 2.89. The molecule has 0 amide bonds. The van der Waals surface area contributed by atoms with Crippen molar-refractivity contribution >= 4 is 23.2 Å². The number of aromatic nitrogens is 2. The molecular weight excluding hydrogens is 235 g/mol. The van der Waals surface area contributed by atoms with Gasteiger partial charge in [-0.15, -0.1) is 10.2 Å². The van der Waals surface area contributed by atoms with Crippen molar-refractivity contribution in [1.29, 1.82) is 0 Å². The van der Waals surface area contributed by atoms with Crippen LogP contribution in [0.3, 0.4) is 0 Å². The SMILES string of the molecule is Oc1ccccc1-c1cc(Cl)c(Cl)nn1. The van der Waals surface area contributed by atoms with E-state index in [1.54, 1.807) is 30.3 Å². The molecule has 0 atom stereocenters. The van der Waals surface area contributed by atoms with Crippen LogP contribution in [0, 0.1) is 0 Å². The number of para-hydroxylation sites is 1. The van der Waals surface area contributed by atoms with E-state index in [2.05, 4.69) is 10.2 Å². The zero-order chi connectivity index (χ0) is 10.8. The molecule has 0 fully saturated rings. The Morgan fingerprint density at radius 1 is 1.07 bits per heavy atom. The molecule has 1 N–H and O–H groups in total. The Labute approximate surface area is 96.3 Å². The minimum absolute atomic E-state index is 0.130. The van der Waals surface area contributed by atoms with Crippen molar-refractivity contribution in [2.75, 3.05) is 0 Å². The van der Waals surface area contributed by atoms with E-state index in [0.29, 0.717) is 16.3 Å². The fraction of sp³-hybridized carbons (Fsp3) is 0. The van der Waals surface area contributed by atoms with Crippen molar-refractivity contribution in [3.05, 3.63) is 40.5 Å². The lowest BCUT2D eigenvalue weighted by Gasteiger charge is -2.03. The van der Waals surface area contributed by atoms with Crippen LogP contribution in [0.4, 0.5) is 0 Å². The molecule has 0 aliphatic rings. The number of halogens is 2. The van der Waals surface area contributed by atoms with Crippen molar-refractivity contribution in [1.82, 2.24) is 10.2 Å². The summed E-state index contributed by atoms with van der Waals surface area (Å²) >= 11 is 11.4. The maximum Gasteiger partial charge on any atom is 0.170 e. The molecular formula is C10H6Cl2N2O. The van der Waals surface area contributed by atoms with Gasteiger partial charge in [-0.2, -0.15) is 0 Å². The summed E-state index contributed by atoms with van der Waals surface area (Å²) in [5.74, 6) is 0.130. The smallest absolute Gasteiger partial charge is 0.170 e. The van der Waals surface area contributed by atoms with Gasteiger partial charge in [0.1, 0.15) is 5.75 Å². The third-order valence-corrected chi connectivity index (χ3v) is 2.55. The van der Waals surface area contributed by atoms with Crippen LogP contribution < -0.4 is 0 Å². The Hall–Kier alpha value is -1.32. The van der Waals surface area contributed by atoms with Crippen LogP contribution in [-0.2, 0) is 0 Å². The molecule has 15 heavy (non-hydrogen) atoms. The van der Waals surface area contributed by atoms with Crippen LogP contribution in [0.15, 0.2) is 30.3 Å². The Bertz CT molecular complexity index is 503. The number of nitrogens with zero attached hydrogens (tertiary/aromatic N) is 2. The maximum atomic E-state index is 9.58. The predicted molar refractivity (Wildman–Crippen MR) is 59.2 cm³/mol. The van der Waals surface area contributed by atoms with Gasteiger partial charge in [0.15, 0.2) is 5.15 Å². The number of phenolic OH excluding ortho intramolecular Hbond substituents is 1. The van der Waals surface area contributed by atoms with E-state index in [9.17, 15) is 5.11 Å². The van der Waals surface area contributed by atoms with Crippen LogP contribution in [0.25, 0.3) is 11.3 Å². The fourth-order valence-corrected chi connectivity index (χ4v) is 1.41. The molecule has 0 unspecified atom stereocenters. The molecule has 0 spiro atoms. The first-order chi connectivity index (χ1) is 7.18. The minimum atomic E-state index is 0.130. The number of phenols is 1. The lowest BCUT2D eigenvalue weighted by Crippen LogP contribution is -1.89. The number of benzene rings is 1. The first-order valence-electron chi connectivity index (χ1n) is 4.15. The highest BCUT2D eigenvalue weighted by molar-refractivity contribution is 6.41. The Morgan fingerprint density at radius 2 is 1.80 bits per heavy atom. The van der Waals surface area contributed by atoms with Gasteiger partial charge in [-0.05, 0) is 18.2 Å². The Kier molecular flexibility index (Phi) is 2.75. The predicted octanol–water partition coefficient (Wildman–Crippen LogP) is 3.16. The summed E-state index contributed by atoms with van der Waals surface area (Å²) in [7, 11) is 0. The van der Waals surface area contributed by atoms with Crippen LogP contribution in [0.2, 0.25) is 10.2 Å². The molecule has 0 radical (unpaired) electrons. The normalized spacial score (nSPS) is 10.3. The summed E-state index contributed by atoms with van der Waals surface area (Å²) in [6, 6.07) is 8.37. The van der Waals surface area contributed by atoms with Gasteiger partial charge in [0.25, 0.3) is 0 Å². The molecule has 1 aromatic carbocycles. The highest BCUT2D eigenvalue weighted by atomic mass is 35.5. The largest absolute Gasteiger partial charge is 0.507 e. The Balaban J connectivity index is 2.55. The zero-order valence-electron chi connectivity index (χ0n) is 7.48. The van der Waals surface area contributed by atoms with Crippen molar-refractivity contribution in [3.8, 4) is 17.0 Å². The highest BCUT2D eigenvalue weighted by Crippen LogP contribution is 2.29. The van der Waals surface area contributed by atoms with Crippen molar-refractivity contribution in [3.63, 3.8) is 0 Å². The standard InChI is InChI=1S/C10H6Cl2N2O/c11-7-5-8(13-14-10(7)12)6-3-1-2-4-9(6)15/h1-5,15H. The monoisotopic (exact) mass is 240 g/mol. The first-order valence-corrected chi connectivity index (χ1v) is 4.91. The van der Waals surface area contributed by atoms with Crippen LogP contribution in [-0.4, -0.2) is 15.3 Å². The minimum Gasteiger partial charge on any atom is -0.507 e. The Morgan fingerprint density at radius 3 is 2.47 bits per heavy atom. The van der Waals surface area contributed by atoms with Crippen molar-refractivity contribution in [2.24, 2.45) is 0 Å². The molecule has 2 rings (SSSR count). The van der Waals surface area contributed by atoms with E-state index in [-0.39, 0.29) is 10.9 Å². The van der Waals surface area contributed by atoms with Gasteiger partial charge in [0.2, 0.25) is 0 Å². The molecule has 1 aromatic heterocycles. The van der Waals surface area contributed by atoms with E-state index in [1.807, 2.05) is 0 Å². The second kappa shape index (κ2) is 4.04. The lowest BCUT2D eigenvalue weighted by molar-refractivity contribution is 0.477. The maximum absolute atomic E-state index is 9.58. The molecule has 0 aliphatic carbocycles. The molecule has 2 aromatic rings. The number of rotatable bonds is 1.